The Hall–Kier alpha value is -3.47. The Morgan fingerprint density at radius 2 is 2.00 bits per heavy atom. The molecule has 0 radical (unpaired) electrons. The minimum Gasteiger partial charge on any atom is -0.355 e. The first kappa shape index (κ1) is 22.7. The van der Waals surface area contributed by atoms with E-state index in [0.29, 0.717) is 23.4 Å². The van der Waals surface area contributed by atoms with Gasteiger partial charge in [-0.05, 0) is 36.3 Å². The van der Waals surface area contributed by atoms with Crippen LogP contribution in [0.2, 0.25) is 0 Å². The molecule has 4 rings (SSSR count). The number of nitrogens with zero attached hydrogens (tertiary/aromatic N) is 2. The summed E-state index contributed by atoms with van der Waals surface area (Å²) in [6.45, 7) is 0.211. The minimum absolute atomic E-state index is 0.0784. The molecule has 2 N–H and O–H groups in total. The van der Waals surface area contributed by atoms with Crippen LogP contribution in [0.4, 0.5) is 23.4 Å². The van der Waals surface area contributed by atoms with Crippen molar-refractivity contribution in [1.82, 2.24) is 15.1 Å². The van der Waals surface area contributed by atoms with E-state index in [4.69, 9.17) is 0 Å². The summed E-state index contributed by atoms with van der Waals surface area (Å²) in [7, 11) is 0. The molecule has 1 aromatic carbocycles. The zero-order chi connectivity index (χ0) is 23.6. The van der Waals surface area contributed by atoms with E-state index in [9.17, 15) is 27.2 Å². The zero-order valence-corrected chi connectivity index (χ0v) is 17.2. The molecule has 7 nitrogen and oxygen atoms in total. The van der Waals surface area contributed by atoms with E-state index >= 15 is 0 Å². The van der Waals surface area contributed by atoms with Gasteiger partial charge in [0.2, 0.25) is 11.8 Å². The van der Waals surface area contributed by atoms with Crippen LogP contribution in [0.15, 0.2) is 48.6 Å². The molecular formula is C22H20F4N4O3. The first-order valence-corrected chi connectivity index (χ1v) is 10.2. The number of carbonyl (C=O) groups excluding carboxylic acids is 2. The standard InChI is InChI=1S/C22H20F4N4O3/c23-15-5-7-16(8-6-15)30-18(13-2-1-3-17(10-13)33-22(24,25)26)11-19(29-30)28-21(32)14-4-9-20(31)27-12-14/h1-3,5-8,11,14,17H,4,9-10,12H2,(H,27,31)(H,28,29,32). The SMILES string of the molecule is O=C1CCC(C(=O)Nc2cc(C3=CC=CC(OC(F)(F)F)C3)n(-c3ccc(F)cc3)n2)CN1. The van der Waals surface area contributed by atoms with Gasteiger partial charge >= 0.3 is 6.36 Å². The van der Waals surface area contributed by atoms with E-state index in [1.165, 1.54) is 47.2 Å². The maximum atomic E-state index is 13.4. The van der Waals surface area contributed by atoms with Gasteiger partial charge in [-0.2, -0.15) is 0 Å². The monoisotopic (exact) mass is 464 g/mol. The highest BCUT2D eigenvalue weighted by Gasteiger charge is 2.34. The van der Waals surface area contributed by atoms with Crippen LogP contribution in [0.25, 0.3) is 11.3 Å². The number of piperidine rings is 1. The molecule has 1 aliphatic carbocycles. The lowest BCUT2D eigenvalue weighted by Gasteiger charge is -2.21. The first-order chi connectivity index (χ1) is 15.7. The van der Waals surface area contributed by atoms with Crippen molar-refractivity contribution in [3.63, 3.8) is 0 Å². The Kier molecular flexibility index (Phi) is 6.32. The van der Waals surface area contributed by atoms with Crippen LogP contribution in [-0.4, -0.2) is 40.6 Å². The molecule has 1 fully saturated rings. The molecule has 33 heavy (non-hydrogen) atoms. The fraction of sp³-hybridized carbons (Fsp3) is 0.318. The van der Waals surface area contributed by atoms with Gasteiger partial charge in [0.15, 0.2) is 5.82 Å². The fourth-order valence-corrected chi connectivity index (χ4v) is 3.73. The topological polar surface area (TPSA) is 85.2 Å². The first-order valence-electron chi connectivity index (χ1n) is 10.2. The number of halogens is 4. The second-order valence-corrected chi connectivity index (χ2v) is 7.71. The van der Waals surface area contributed by atoms with E-state index in [-0.39, 0.29) is 37.0 Å². The van der Waals surface area contributed by atoms with Gasteiger partial charge in [0.05, 0.1) is 23.4 Å². The summed E-state index contributed by atoms with van der Waals surface area (Å²) >= 11 is 0. The van der Waals surface area contributed by atoms with Crippen LogP contribution < -0.4 is 10.6 Å². The molecule has 2 heterocycles. The number of aromatic nitrogens is 2. The second-order valence-electron chi connectivity index (χ2n) is 7.71. The van der Waals surface area contributed by atoms with Crippen LogP contribution in [0.5, 0.6) is 0 Å². The molecule has 174 valence electrons. The molecule has 2 aromatic rings. The van der Waals surface area contributed by atoms with Crippen molar-refractivity contribution in [1.29, 1.82) is 0 Å². The second kappa shape index (κ2) is 9.18. The molecule has 0 spiro atoms. The summed E-state index contributed by atoms with van der Waals surface area (Å²) in [6.07, 6.45) is -1.05. The third-order valence-corrected chi connectivity index (χ3v) is 5.33. The Bertz CT molecular complexity index is 1100. The summed E-state index contributed by atoms with van der Waals surface area (Å²) in [6, 6.07) is 6.94. The third-order valence-electron chi connectivity index (χ3n) is 5.33. The summed E-state index contributed by atoms with van der Waals surface area (Å²) in [5, 5.41) is 9.72. The van der Waals surface area contributed by atoms with Gasteiger partial charge in [-0.1, -0.05) is 18.2 Å². The van der Waals surface area contributed by atoms with Gasteiger partial charge in [0, 0.05) is 25.5 Å². The number of ether oxygens (including phenoxy) is 1. The fourth-order valence-electron chi connectivity index (χ4n) is 3.73. The predicted octanol–water partition coefficient (Wildman–Crippen LogP) is 3.72. The van der Waals surface area contributed by atoms with Crippen LogP contribution in [0.3, 0.4) is 0 Å². The molecular weight excluding hydrogens is 444 g/mol. The number of nitrogens with one attached hydrogen (secondary N) is 2. The highest BCUT2D eigenvalue weighted by Crippen LogP contribution is 2.32. The van der Waals surface area contributed by atoms with Gasteiger partial charge in [-0.15, -0.1) is 18.3 Å². The molecule has 0 bridgehead atoms. The van der Waals surface area contributed by atoms with E-state index in [0.717, 1.165) is 0 Å². The Morgan fingerprint density at radius 1 is 1.24 bits per heavy atom. The number of rotatable bonds is 5. The molecule has 1 aliphatic heterocycles. The van der Waals surface area contributed by atoms with Crippen molar-refractivity contribution in [3.05, 3.63) is 60.1 Å². The smallest absolute Gasteiger partial charge is 0.355 e. The molecule has 2 unspecified atom stereocenters. The Morgan fingerprint density at radius 3 is 2.67 bits per heavy atom. The Balaban J connectivity index is 1.61. The molecule has 2 aliphatic rings. The maximum Gasteiger partial charge on any atom is 0.523 e. The molecule has 11 heteroatoms. The summed E-state index contributed by atoms with van der Waals surface area (Å²) < 4.78 is 57.1. The van der Waals surface area contributed by atoms with Crippen LogP contribution in [-0.2, 0) is 14.3 Å². The normalized spacial score (nSPS) is 20.8. The van der Waals surface area contributed by atoms with Gasteiger partial charge in [0.1, 0.15) is 5.82 Å². The average Bonchev–Trinajstić information content (AvgIpc) is 3.17. The Labute approximate surface area is 186 Å². The van der Waals surface area contributed by atoms with Gasteiger partial charge in [-0.25, -0.2) is 9.07 Å². The maximum absolute atomic E-state index is 13.4. The number of carbonyl (C=O) groups is 2. The highest BCUT2D eigenvalue weighted by atomic mass is 19.4. The van der Waals surface area contributed by atoms with Crippen molar-refractivity contribution in [3.8, 4) is 5.69 Å². The van der Waals surface area contributed by atoms with Crippen molar-refractivity contribution >= 4 is 23.2 Å². The number of allylic oxidation sites excluding steroid dienone is 2. The number of hydrogen-bond donors (Lipinski definition) is 2. The molecule has 2 amide bonds. The van der Waals surface area contributed by atoms with Crippen LogP contribution in [0.1, 0.15) is 25.0 Å². The van der Waals surface area contributed by atoms with Crippen LogP contribution in [0, 0.1) is 11.7 Å². The molecule has 1 aromatic heterocycles. The van der Waals surface area contributed by atoms with Crippen molar-refractivity contribution in [2.24, 2.45) is 5.92 Å². The molecule has 1 saturated heterocycles. The molecule has 2 atom stereocenters. The summed E-state index contributed by atoms with van der Waals surface area (Å²) in [5.41, 5.74) is 1.38. The van der Waals surface area contributed by atoms with Gasteiger partial charge < -0.3 is 10.6 Å². The largest absolute Gasteiger partial charge is 0.523 e. The van der Waals surface area contributed by atoms with Crippen molar-refractivity contribution < 1.29 is 31.9 Å². The van der Waals surface area contributed by atoms with E-state index in [1.54, 1.807) is 6.08 Å². The minimum atomic E-state index is -4.79. The van der Waals surface area contributed by atoms with E-state index in [2.05, 4.69) is 20.5 Å². The van der Waals surface area contributed by atoms with Crippen molar-refractivity contribution in [2.45, 2.75) is 31.7 Å². The van der Waals surface area contributed by atoms with Crippen molar-refractivity contribution in [2.75, 3.05) is 11.9 Å². The predicted molar refractivity (Wildman–Crippen MR) is 111 cm³/mol. The lowest BCUT2D eigenvalue weighted by atomic mass is 9.98. The quantitative estimate of drug-likeness (QED) is 0.661. The average molecular weight is 464 g/mol. The third kappa shape index (κ3) is 5.67. The number of hydrogen-bond acceptors (Lipinski definition) is 4. The van der Waals surface area contributed by atoms with Crippen LogP contribution >= 0.6 is 0 Å². The van der Waals surface area contributed by atoms with Gasteiger partial charge in [0.25, 0.3) is 0 Å². The molecule has 0 saturated carbocycles. The summed E-state index contributed by atoms with van der Waals surface area (Å²) in [4.78, 5) is 24.0. The number of anilines is 1. The lowest BCUT2D eigenvalue weighted by Crippen LogP contribution is -2.40. The zero-order valence-electron chi connectivity index (χ0n) is 17.2. The number of benzene rings is 1. The van der Waals surface area contributed by atoms with E-state index in [1.807, 2.05) is 0 Å². The number of amides is 2. The number of alkyl halides is 3. The van der Waals surface area contributed by atoms with E-state index < -0.39 is 24.2 Å². The van der Waals surface area contributed by atoms with Gasteiger partial charge in [-0.3, -0.25) is 14.3 Å². The summed E-state index contributed by atoms with van der Waals surface area (Å²) in [5.74, 6) is -1.15. The lowest BCUT2D eigenvalue weighted by molar-refractivity contribution is -0.335. The highest BCUT2D eigenvalue weighted by molar-refractivity contribution is 5.93.